The molecule has 0 bridgehead atoms. The molecular formula is C9H12O4. The normalized spacial score (nSPS) is 46.7. The minimum absolute atomic E-state index is 0.0255. The number of epoxide rings is 1. The Bertz CT molecular complexity index is 271. The minimum atomic E-state index is -0.802. The lowest BCUT2D eigenvalue weighted by Gasteiger charge is -2.03. The molecule has 2 heterocycles. The zero-order valence-corrected chi connectivity index (χ0v) is 7.56. The number of cyclic esters (lactones) is 1. The van der Waals surface area contributed by atoms with E-state index in [1.54, 1.807) is 13.0 Å². The van der Waals surface area contributed by atoms with E-state index in [2.05, 4.69) is 0 Å². The van der Waals surface area contributed by atoms with Crippen molar-refractivity contribution >= 4 is 5.97 Å². The summed E-state index contributed by atoms with van der Waals surface area (Å²) in [6.07, 6.45) is 0.545. The van der Waals surface area contributed by atoms with Crippen LogP contribution in [0, 0.1) is 0 Å². The zero-order chi connectivity index (χ0) is 9.59. The maximum atomic E-state index is 11.2. The van der Waals surface area contributed by atoms with Gasteiger partial charge < -0.3 is 14.6 Å². The van der Waals surface area contributed by atoms with Crippen LogP contribution in [0.5, 0.6) is 0 Å². The fourth-order valence-corrected chi connectivity index (χ4v) is 1.40. The van der Waals surface area contributed by atoms with Gasteiger partial charge >= 0.3 is 5.97 Å². The maximum Gasteiger partial charge on any atom is 0.336 e. The van der Waals surface area contributed by atoms with Crippen molar-refractivity contribution in [3.05, 3.63) is 11.6 Å². The van der Waals surface area contributed by atoms with Gasteiger partial charge in [0, 0.05) is 0 Å². The van der Waals surface area contributed by atoms with E-state index >= 15 is 0 Å². The van der Waals surface area contributed by atoms with Gasteiger partial charge in [-0.25, -0.2) is 4.79 Å². The largest absolute Gasteiger partial charge is 0.456 e. The molecule has 72 valence electrons. The molecule has 0 aliphatic carbocycles. The topological polar surface area (TPSA) is 59.1 Å². The number of hydrogen-bond donors (Lipinski definition) is 1. The number of hydrogen-bond acceptors (Lipinski definition) is 4. The molecule has 1 N–H and O–H groups in total. The Balaban J connectivity index is 2.13. The van der Waals surface area contributed by atoms with Gasteiger partial charge in [0.2, 0.25) is 0 Å². The molecule has 0 aromatic carbocycles. The van der Waals surface area contributed by atoms with Crippen LogP contribution < -0.4 is 0 Å². The second-order valence-electron chi connectivity index (χ2n) is 3.48. The van der Waals surface area contributed by atoms with Gasteiger partial charge in [0.1, 0.15) is 18.3 Å². The fourth-order valence-electron chi connectivity index (χ4n) is 1.40. The lowest BCUT2D eigenvalue weighted by atomic mass is 10.1. The highest BCUT2D eigenvalue weighted by molar-refractivity contribution is 5.92. The summed E-state index contributed by atoms with van der Waals surface area (Å²) in [6, 6.07) is 0. The summed E-state index contributed by atoms with van der Waals surface area (Å²) in [5.74, 6) is -0.428. The zero-order valence-electron chi connectivity index (χ0n) is 7.56. The van der Waals surface area contributed by atoms with Crippen molar-refractivity contribution in [2.24, 2.45) is 0 Å². The van der Waals surface area contributed by atoms with Gasteiger partial charge in [-0.3, -0.25) is 0 Å². The standard InChI is InChI=1S/C9H12O4/c1-4-7(12-4)3-6-8(10)5(2)13-9(6)11/h3-5,7-8,10H,1-2H3/b6-3+/t4-,5+,7-,8+/m1/s1. The van der Waals surface area contributed by atoms with Crippen LogP contribution in [0.3, 0.4) is 0 Å². The first-order valence-corrected chi connectivity index (χ1v) is 4.36. The number of aliphatic hydroxyl groups excluding tert-OH is 1. The summed E-state index contributed by atoms with van der Waals surface area (Å²) in [5, 5.41) is 9.52. The highest BCUT2D eigenvalue weighted by Gasteiger charge is 2.40. The third-order valence-electron chi connectivity index (χ3n) is 2.39. The number of rotatable bonds is 1. The Morgan fingerprint density at radius 1 is 1.38 bits per heavy atom. The molecule has 0 saturated carbocycles. The van der Waals surface area contributed by atoms with E-state index < -0.39 is 18.2 Å². The van der Waals surface area contributed by atoms with Crippen LogP contribution in [0.2, 0.25) is 0 Å². The lowest BCUT2D eigenvalue weighted by Crippen LogP contribution is -2.18. The predicted molar refractivity (Wildman–Crippen MR) is 44.0 cm³/mol. The maximum absolute atomic E-state index is 11.2. The van der Waals surface area contributed by atoms with Crippen LogP contribution in [0.25, 0.3) is 0 Å². The van der Waals surface area contributed by atoms with Crippen LogP contribution in [0.1, 0.15) is 13.8 Å². The van der Waals surface area contributed by atoms with Gasteiger partial charge in [0.05, 0.1) is 11.7 Å². The summed E-state index contributed by atoms with van der Waals surface area (Å²) < 4.78 is 9.95. The van der Waals surface area contributed by atoms with Gasteiger partial charge in [0.25, 0.3) is 0 Å². The first-order chi connectivity index (χ1) is 6.09. The first-order valence-electron chi connectivity index (χ1n) is 4.36. The molecular weight excluding hydrogens is 172 g/mol. The number of esters is 1. The van der Waals surface area contributed by atoms with Gasteiger partial charge in [-0.2, -0.15) is 0 Å². The summed E-state index contributed by atoms with van der Waals surface area (Å²) in [4.78, 5) is 11.2. The van der Waals surface area contributed by atoms with Crippen molar-refractivity contribution in [3.63, 3.8) is 0 Å². The highest BCUT2D eigenvalue weighted by Crippen LogP contribution is 2.28. The highest BCUT2D eigenvalue weighted by atomic mass is 16.6. The quantitative estimate of drug-likeness (QED) is 0.354. The van der Waals surface area contributed by atoms with E-state index in [9.17, 15) is 9.90 Å². The Labute approximate surface area is 76.1 Å². The van der Waals surface area contributed by atoms with Crippen LogP contribution in [-0.4, -0.2) is 35.5 Å². The van der Waals surface area contributed by atoms with Crippen molar-refractivity contribution in [1.29, 1.82) is 0 Å². The molecule has 0 spiro atoms. The van der Waals surface area contributed by atoms with E-state index in [0.29, 0.717) is 5.57 Å². The third kappa shape index (κ3) is 1.47. The van der Waals surface area contributed by atoms with E-state index in [1.165, 1.54) is 0 Å². The molecule has 2 aliphatic heterocycles. The van der Waals surface area contributed by atoms with Crippen molar-refractivity contribution in [1.82, 2.24) is 0 Å². The number of ether oxygens (including phenoxy) is 2. The van der Waals surface area contributed by atoms with Gasteiger partial charge in [-0.1, -0.05) is 0 Å². The van der Waals surface area contributed by atoms with Gasteiger partial charge in [-0.05, 0) is 19.9 Å². The van der Waals surface area contributed by atoms with Crippen LogP contribution in [0.4, 0.5) is 0 Å². The lowest BCUT2D eigenvalue weighted by molar-refractivity contribution is -0.138. The molecule has 2 aliphatic rings. The van der Waals surface area contributed by atoms with Crippen LogP contribution in [0.15, 0.2) is 11.6 Å². The average molecular weight is 184 g/mol. The number of aliphatic hydroxyl groups is 1. The minimum Gasteiger partial charge on any atom is -0.456 e. The molecule has 0 radical (unpaired) electrons. The predicted octanol–water partition coefficient (Wildman–Crippen LogP) is 0.00630. The van der Waals surface area contributed by atoms with Crippen molar-refractivity contribution in [3.8, 4) is 0 Å². The number of carbonyl (C=O) groups is 1. The molecule has 0 aromatic rings. The Morgan fingerprint density at radius 2 is 2.00 bits per heavy atom. The molecule has 2 saturated heterocycles. The van der Waals surface area contributed by atoms with Gasteiger partial charge in [-0.15, -0.1) is 0 Å². The van der Waals surface area contributed by atoms with Crippen LogP contribution in [-0.2, 0) is 14.3 Å². The van der Waals surface area contributed by atoms with Gasteiger partial charge in [0.15, 0.2) is 0 Å². The molecule has 0 aromatic heterocycles. The monoisotopic (exact) mass is 184 g/mol. The SMILES string of the molecule is C[C@@H]1OC(=O)/C(=C/[C@H]2O[C@@H]2C)[C@H]1O. The molecule has 4 atom stereocenters. The average Bonchev–Trinajstić information content (AvgIpc) is 2.70. The Hall–Kier alpha value is -0.870. The second-order valence-corrected chi connectivity index (χ2v) is 3.48. The second kappa shape index (κ2) is 2.82. The number of carbonyl (C=O) groups excluding carboxylic acids is 1. The Kier molecular flexibility index (Phi) is 1.89. The smallest absolute Gasteiger partial charge is 0.336 e. The summed E-state index contributed by atoms with van der Waals surface area (Å²) >= 11 is 0. The molecule has 13 heavy (non-hydrogen) atoms. The van der Waals surface area contributed by atoms with Crippen molar-refractivity contribution < 1.29 is 19.4 Å². The first kappa shape index (κ1) is 8.72. The molecule has 2 fully saturated rings. The third-order valence-corrected chi connectivity index (χ3v) is 2.39. The van der Waals surface area contributed by atoms with Crippen LogP contribution >= 0.6 is 0 Å². The molecule has 0 unspecified atom stereocenters. The summed E-state index contributed by atoms with van der Waals surface area (Å²) in [7, 11) is 0. The van der Waals surface area contributed by atoms with E-state index in [1.807, 2.05) is 6.92 Å². The molecule has 2 rings (SSSR count). The van der Waals surface area contributed by atoms with E-state index in [0.717, 1.165) is 0 Å². The Morgan fingerprint density at radius 3 is 2.38 bits per heavy atom. The van der Waals surface area contributed by atoms with Crippen molar-refractivity contribution in [2.75, 3.05) is 0 Å². The molecule has 4 nitrogen and oxygen atoms in total. The summed E-state index contributed by atoms with van der Waals surface area (Å²) in [6.45, 7) is 3.58. The summed E-state index contributed by atoms with van der Waals surface area (Å²) in [5.41, 5.74) is 0.335. The molecule has 0 amide bonds. The fraction of sp³-hybridized carbons (Fsp3) is 0.667. The molecule has 4 heteroatoms. The van der Waals surface area contributed by atoms with E-state index in [4.69, 9.17) is 9.47 Å². The van der Waals surface area contributed by atoms with E-state index in [-0.39, 0.29) is 12.2 Å². The van der Waals surface area contributed by atoms with Crippen molar-refractivity contribution in [2.45, 2.75) is 38.3 Å².